The summed E-state index contributed by atoms with van der Waals surface area (Å²) in [6.07, 6.45) is 5.57. The molecule has 2 aliphatic heterocycles. The molecule has 2 unspecified atom stereocenters. The van der Waals surface area contributed by atoms with Crippen LogP contribution in [0.15, 0.2) is 83.7 Å². The number of rotatable bonds is 7. The number of aromatic nitrogens is 6. The summed E-state index contributed by atoms with van der Waals surface area (Å²) in [5.41, 5.74) is 5.05. The Morgan fingerprint density at radius 2 is 1.04 bits per heavy atom. The monoisotopic (exact) mass is 646 g/mol. The first-order valence-electron chi connectivity index (χ1n) is 16.4. The predicted molar refractivity (Wildman–Crippen MR) is 178 cm³/mol. The number of nitrogens with one attached hydrogen (secondary N) is 2. The highest BCUT2D eigenvalue weighted by molar-refractivity contribution is 6.00. The quantitative estimate of drug-likeness (QED) is 0.243. The van der Waals surface area contributed by atoms with E-state index >= 15 is 0 Å². The Hall–Kier alpha value is -5.26. The number of hydrogen-bond donors (Lipinski definition) is 2. The Morgan fingerprint density at radius 1 is 0.646 bits per heavy atom. The summed E-state index contributed by atoms with van der Waals surface area (Å²) in [7, 11) is 0. The predicted octanol–water partition coefficient (Wildman–Crippen LogP) is 5.64. The maximum atomic E-state index is 13.3. The van der Waals surface area contributed by atoms with Crippen molar-refractivity contribution in [2.75, 3.05) is 23.8 Å². The average Bonchev–Trinajstić information content (AvgIpc) is 3.70. The van der Waals surface area contributed by atoms with Crippen molar-refractivity contribution in [2.45, 2.75) is 65.5 Å². The summed E-state index contributed by atoms with van der Waals surface area (Å²) in [6.45, 7) is 9.17. The van der Waals surface area contributed by atoms with Crippen LogP contribution in [0.2, 0.25) is 0 Å². The van der Waals surface area contributed by atoms with Gasteiger partial charge in [0.15, 0.2) is 11.6 Å². The number of Topliss-reactive ketones (excluding diaryl/α,β-unsaturated/α-hetero) is 2. The van der Waals surface area contributed by atoms with Gasteiger partial charge in [-0.2, -0.15) is 20.2 Å². The third-order valence-electron chi connectivity index (χ3n) is 9.56. The molecule has 0 spiro atoms. The van der Waals surface area contributed by atoms with Crippen LogP contribution in [0.3, 0.4) is 0 Å². The molecule has 8 rings (SSSR count). The minimum absolute atomic E-state index is 0.110. The average molecular weight is 647 g/mol. The second-order valence-corrected chi connectivity index (χ2v) is 14.6. The summed E-state index contributed by atoms with van der Waals surface area (Å²) in [4.78, 5) is 35.4. The zero-order valence-electron chi connectivity index (χ0n) is 27.5. The van der Waals surface area contributed by atoms with Crippen LogP contribution in [0.25, 0.3) is 0 Å². The van der Waals surface area contributed by atoms with E-state index in [0.717, 1.165) is 46.5 Å². The number of nitrogens with zero attached hydrogens (tertiary/aromatic N) is 6. The van der Waals surface area contributed by atoms with E-state index in [4.69, 9.17) is 9.47 Å². The van der Waals surface area contributed by atoms with Gasteiger partial charge < -0.3 is 20.1 Å². The molecule has 0 bridgehead atoms. The van der Waals surface area contributed by atoms with E-state index in [1.54, 1.807) is 9.36 Å². The van der Waals surface area contributed by atoms with Crippen molar-refractivity contribution in [3.05, 3.63) is 94.9 Å². The minimum Gasteiger partial charge on any atom is -0.490 e. The van der Waals surface area contributed by atoms with Crippen molar-refractivity contribution >= 4 is 23.5 Å². The fourth-order valence-electron chi connectivity index (χ4n) is 7.53. The van der Waals surface area contributed by atoms with Crippen molar-refractivity contribution in [1.82, 2.24) is 29.5 Å². The van der Waals surface area contributed by atoms with Crippen molar-refractivity contribution in [1.29, 1.82) is 0 Å². The van der Waals surface area contributed by atoms with Gasteiger partial charge in [0, 0.05) is 35.4 Å². The molecule has 12 heteroatoms. The van der Waals surface area contributed by atoms with Crippen molar-refractivity contribution in [3.8, 4) is 11.5 Å². The largest absolute Gasteiger partial charge is 0.490 e. The molecule has 12 nitrogen and oxygen atoms in total. The molecule has 2 aromatic carbocycles. The number of anilines is 2. The Labute approximate surface area is 278 Å². The lowest BCUT2D eigenvalue weighted by molar-refractivity contribution is -0.119. The Bertz CT molecular complexity index is 1840. The third kappa shape index (κ3) is 5.34. The Balaban J connectivity index is 0.918. The highest BCUT2D eigenvalue weighted by Gasteiger charge is 2.43. The lowest BCUT2D eigenvalue weighted by atomic mass is 9.73. The summed E-state index contributed by atoms with van der Waals surface area (Å²) < 4.78 is 15.6. The molecule has 4 aliphatic rings. The molecule has 246 valence electrons. The van der Waals surface area contributed by atoms with E-state index in [0.29, 0.717) is 49.5 Å². The van der Waals surface area contributed by atoms with Crippen LogP contribution in [0.5, 0.6) is 11.5 Å². The molecule has 0 amide bonds. The highest BCUT2D eigenvalue weighted by Crippen LogP contribution is 2.46. The number of benzene rings is 2. The molecule has 2 atom stereocenters. The molecule has 0 saturated carbocycles. The van der Waals surface area contributed by atoms with Crippen LogP contribution in [-0.4, -0.2) is 54.3 Å². The van der Waals surface area contributed by atoms with E-state index in [1.165, 1.54) is 12.7 Å². The molecular formula is C36H38N8O4. The van der Waals surface area contributed by atoms with Gasteiger partial charge in [-0.05, 0) is 59.1 Å². The van der Waals surface area contributed by atoms with Gasteiger partial charge in [-0.15, -0.1) is 0 Å². The van der Waals surface area contributed by atoms with E-state index in [2.05, 4.69) is 58.5 Å². The molecule has 4 aromatic rings. The topological polar surface area (TPSA) is 138 Å². The second kappa shape index (κ2) is 11.2. The number of hydrogen-bond acceptors (Lipinski definition) is 10. The van der Waals surface area contributed by atoms with E-state index < -0.39 is 0 Å². The molecule has 0 saturated heterocycles. The fraction of sp³-hybridized carbons (Fsp3) is 0.389. The van der Waals surface area contributed by atoms with Crippen molar-refractivity contribution in [2.24, 2.45) is 10.8 Å². The summed E-state index contributed by atoms with van der Waals surface area (Å²) in [5, 5.41) is 15.6. The zero-order chi connectivity index (χ0) is 33.2. The van der Waals surface area contributed by atoms with E-state index in [1.807, 2.05) is 48.5 Å². The van der Waals surface area contributed by atoms with Crippen LogP contribution in [0, 0.1) is 10.8 Å². The highest BCUT2D eigenvalue weighted by atomic mass is 16.5. The molecule has 2 N–H and O–H groups in total. The van der Waals surface area contributed by atoms with Gasteiger partial charge in [-0.3, -0.25) is 9.59 Å². The van der Waals surface area contributed by atoms with Crippen LogP contribution in [0.1, 0.15) is 76.6 Å². The molecule has 48 heavy (non-hydrogen) atoms. The smallest absolute Gasteiger partial charge is 0.226 e. The van der Waals surface area contributed by atoms with Crippen LogP contribution >= 0.6 is 0 Å². The first kappa shape index (κ1) is 30.1. The fourth-order valence-corrected chi connectivity index (χ4v) is 7.53. The van der Waals surface area contributed by atoms with E-state index in [9.17, 15) is 9.59 Å². The molecule has 0 fully saturated rings. The SMILES string of the molecule is CC1(C)CC(=O)C2=C(C1)Nc1ncnn1C2c1ccc(OCCOc2ccc(C3C4=C(CC(C)(C)CC4=O)Nc4ncnn43)cc2)cc1. The van der Waals surface area contributed by atoms with Gasteiger partial charge in [0.05, 0.1) is 0 Å². The first-order chi connectivity index (χ1) is 23.1. The summed E-state index contributed by atoms with van der Waals surface area (Å²) in [6, 6.07) is 14.9. The molecule has 2 aliphatic carbocycles. The second-order valence-electron chi connectivity index (χ2n) is 14.6. The van der Waals surface area contributed by atoms with Crippen molar-refractivity contribution < 1.29 is 19.1 Å². The summed E-state index contributed by atoms with van der Waals surface area (Å²) >= 11 is 0. The van der Waals surface area contributed by atoms with Gasteiger partial charge in [-0.1, -0.05) is 52.0 Å². The Kier molecular flexibility index (Phi) is 7.01. The Morgan fingerprint density at radius 3 is 1.44 bits per heavy atom. The maximum Gasteiger partial charge on any atom is 0.226 e. The van der Waals surface area contributed by atoms with Gasteiger partial charge in [-0.25, -0.2) is 9.36 Å². The molecule has 4 heterocycles. The van der Waals surface area contributed by atoms with Crippen LogP contribution in [0.4, 0.5) is 11.9 Å². The number of carbonyl (C=O) groups is 2. The van der Waals surface area contributed by atoms with Crippen LogP contribution < -0.4 is 20.1 Å². The standard InChI is InChI=1S/C36H38N8O4/c1-35(2)15-25-29(27(45)17-35)31(43-33(41-25)37-19-39-43)21-5-9-23(10-6-21)47-13-14-48-24-11-7-22(8-12-24)32-30-26(16-36(3,4)18-28(30)46)42-34-38-20-40-44(32)34/h5-12,19-20,31-32H,13-18H2,1-4H3,(H,37,39,41)(H,38,40,42). The van der Waals surface area contributed by atoms with Crippen LogP contribution in [-0.2, 0) is 9.59 Å². The van der Waals surface area contributed by atoms with Gasteiger partial charge in [0.25, 0.3) is 0 Å². The number of allylic oxidation sites excluding steroid dienone is 4. The molecular weight excluding hydrogens is 608 g/mol. The molecule has 0 radical (unpaired) electrons. The maximum absolute atomic E-state index is 13.3. The lowest BCUT2D eigenvalue weighted by Crippen LogP contribution is -2.36. The minimum atomic E-state index is -0.338. The van der Waals surface area contributed by atoms with Gasteiger partial charge >= 0.3 is 0 Å². The normalized spacial score (nSPS) is 22.2. The van der Waals surface area contributed by atoms with E-state index in [-0.39, 0.29) is 34.5 Å². The number of carbonyl (C=O) groups excluding carboxylic acids is 2. The number of fused-ring (bicyclic) bond motifs is 2. The van der Waals surface area contributed by atoms with Crippen molar-refractivity contribution in [3.63, 3.8) is 0 Å². The first-order valence-corrected chi connectivity index (χ1v) is 16.4. The van der Waals surface area contributed by atoms with Gasteiger partial charge in [0.1, 0.15) is 49.5 Å². The third-order valence-corrected chi connectivity index (χ3v) is 9.56. The number of ketones is 2. The zero-order valence-corrected chi connectivity index (χ0v) is 27.5. The summed E-state index contributed by atoms with van der Waals surface area (Å²) in [5.74, 6) is 2.96. The lowest BCUT2D eigenvalue weighted by Gasteiger charge is -2.38. The van der Waals surface area contributed by atoms with Gasteiger partial charge in [0.2, 0.25) is 11.9 Å². The number of ether oxygens (including phenoxy) is 2. The molecule has 2 aromatic heterocycles.